The van der Waals surface area contributed by atoms with E-state index in [2.05, 4.69) is 21.0 Å². The Morgan fingerprint density at radius 3 is 2.42 bits per heavy atom. The molecule has 2 aromatic carbocycles. The molecule has 33 heavy (non-hydrogen) atoms. The normalized spacial score (nSPS) is 16.1. The molecular formula is C24H25N5O4. The Morgan fingerprint density at radius 1 is 1.00 bits per heavy atom. The molecule has 3 amide bonds. The first-order valence-corrected chi connectivity index (χ1v) is 10.7. The van der Waals surface area contributed by atoms with Gasteiger partial charge in [-0.05, 0) is 62.2 Å². The van der Waals surface area contributed by atoms with Gasteiger partial charge in [0.15, 0.2) is 0 Å². The van der Waals surface area contributed by atoms with E-state index in [9.17, 15) is 14.4 Å². The number of ether oxygens (including phenoxy) is 1. The number of nitrogens with one attached hydrogen (secondary N) is 3. The van der Waals surface area contributed by atoms with Crippen LogP contribution >= 0.6 is 0 Å². The van der Waals surface area contributed by atoms with Gasteiger partial charge in [-0.15, -0.1) is 0 Å². The smallest absolute Gasteiger partial charge is 0.255 e. The van der Waals surface area contributed by atoms with E-state index in [-0.39, 0.29) is 17.7 Å². The molecule has 3 aromatic rings. The molecule has 0 spiro atoms. The van der Waals surface area contributed by atoms with E-state index in [1.165, 1.54) is 0 Å². The molecule has 2 atom stereocenters. The van der Waals surface area contributed by atoms with Gasteiger partial charge >= 0.3 is 0 Å². The van der Waals surface area contributed by atoms with Crippen molar-refractivity contribution in [1.29, 1.82) is 0 Å². The number of carbonyl (C=O) groups is 3. The molecule has 0 bridgehead atoms. The average molecular weight is 447 g/mol. The molecule has 4 rings (SSSR count). The molecule has 1 aromatic heterocycles. The third kappa shape index (κ3) is 5.64. The van der Waals surface area contributed by atoms with Gasteiger partial charge in [-0.2, -0.15) is 5.10 Å². The van der Waals surface area contributed by atoms with Crippen molar-refractivity contribution < 1.29 is 19.1 Å². The summed E-state index contributed by atoms with van der Waals surface area (Å²) < 4.78 is 6.95. The first kappa shape index (κ1) is 22.2. The van der Waals surface area contributed by atoms with Crippen molar-refractivity contribution in [1.82, 2.24) is 9.78 Å². The van der Waals surface area contributed by atoms with Gasteiger partial charge in [-0.3, -0.25) is 19.1 Å². The van der Waals surface area contributed by atoms with Crippen molar-refractivity contribution in [3.05, 3.63) is 72.6 Å². The van der Waals surface area contributed by atoms with Gasteiger partial charge in [0.1, 0.15) is 12.1 Å². The van der Waals surface area contributed by atoms with Crippen molar-refractivity contribution in [2.45, 2.75) is 31.9 Å². The molecule has 2 heterocycles. The molecule has 0 saturated carbocycles. The summed E-state index contributed by atoms with van der Waals surface area (Å²) in [6, 6.07) is 14.9. The van der Waals surface area contributed by atoms with Gasteiger partial charge < -0.3 is 20.7 Å². The predicted molar refractivity (Wildman–Crippen MR) is 124 cm³/mol. The molecule has 1 saturated heterocycles. The molecular weight excluding hydrogens is 422 g/mol. The zero-order valence-electron chi connectivity index (χ0n) is 18.2. The topological polar surface area (TPSA) is 114 Å². The van der Waals surface area contributed by atoms with E-state index < -0.39 is 12.1 Å². The minimum Gasteiger partial charge on any atom is -0.368 e. The van der Waals surface area contributed by atoms with Crippen LogP contribution in [0.4, 0.5) is 17.1 Å². The number of aromatic nitrogens is 2. The predicted octanol–water partition coefficient (Wildman–Crippen LogP) is 3.45. The zero-order chi connectivity index (χ0) is 23.2. The van der Waals surface area contributed by atoms with E-state index >= 15 is 0 Å². The Balaban J connectivity index is 1.38. The van der Waals surface area contributed by atoms with E-state index in [1.807, 2.05) is 0 Å². The van der Waals surface area contributed by atoms with Crippen LogP contribution < -0.4 is 16.0 Å². The molecule has 0 radical (unpaired) electrons. The first-order chi connectivity index (χ1) is 16.0. The first-order valence-electron chi connectivity index (χ1n) is 10.7. The summed E-state index contributed by atoms with van der Waals surface area (Å²) in [6.07, 6.45) is 4.44. The number of amides is 3. The molecule has 9 nitrogen and oxygen atoms in total. The Labute approximate surface area is 191 Å². The largest absolute Gasteiger partial charge is 0.368 e. The van der Waals surface area contributed by atoms with Gasteiger partial charge in [0, 0.05) is 41.6 Å². The molecule has 170 valence electrons. The summed E-state index contributed by atoms with van der Waals surface area (Å²) in [4.78, 5) is 37.5. The quantitative estimate of drug-likeness (QED) is 0.513. The fourth-order valence-corrected chi connectivity index (χ4v) is 3.50. The van der Waals surface area contributed by atoms with E-state index in [0.717, 1.165) is 6.42 Å². The molecule has 1 fully saturated rings. The second-order valence-corrected chi connectivity index (χ2v) is 7.76. The molecule has 0 aliphatic carbocycles. The van der Waals surface area contributed by atoms with Crippen molar-refractivity contribution >= 4 is 34.8 Å². The van der Waals surface area contributed by atoms with Gasteiger partial charge in [-0.1, -0.05) is 12.1 Å². The summed E-state index contributed by atoms with van der Waals surface area (Å²) in [5.41, 5.74) is 1.99. The van der Waals surface area contributed by atoms with Crippen LogP contribution in [0.1, 0.15) is 36.2 Å². The van der Waals surface area contributed by atoms with Crippen molar-refractivity contribution in [2.75, 3.05) is 22.6 Å². The lowest BCUT2D eigenvalue weighted by molar-refractivity contribution is -0.124. The highest BCUT2D eigenvalue weighted by atomic mass is 16.5. The lowest BCUT2D eigenvalue weighted by Gasteiger charge is -2.14. The summed E-state index contributed by atoms with van der Waals surface area (Å²) >= 11 is 0. The molecule has 9 heteroatoms. The highest BCUT2D eigenvalue weighted by Gasteiger charge is 2.23. The van der Waals surface area contributed by atoms with E-state index in [4.69, 9.17) is 4.74 Å². The number of carbonyl (C=O) groups excluding carboxylic acids is 3. The molecule has 2 unspecified atom stereocenters. The standard InChI is InChI=1S/C24H25N5O4/c1-16(29-12-5-11-25-29)22(30)26-19-8-3-9-20(15-19)27-23(31)17-6-2-7-18(14-17)28-24(32)21-10-4-13-33-21/h2-3,5-9,11-12,14-16,21H,4,10,13H2,1H3,(H,26,30)(H,27,31)(H,28,32). The Morgan fingerprint density at radius 2 is 1.73 bits per heavy atom. The van der Waals surface area contributed by atoms with Gasteiger partial charge in [0.25, 0.3) is 11.8 Å². The minimum atomic E-state index is -0.481. The third-order valence-corrected chi connectivity index (χ3v) is 5.30. The van der Waals surface area contributed by atoms with E-state index in [1.54, 1.807) is 78.6 Å². The maximum atomic E-state index is 12.8. The van der Waals surface area contributed by atoms with Crippen molar-refractivity contribution in [3.63, 3.8) is 0 Å². The number of hydrogen-bond acceptors (Lipinski definition) is 5. The van der Waals surface area contributed by atoms with Crippen LogP contribution in [0.3, 0.4) is 0 Å². The van der Waals surface area contributed by atoms with Crippen LogP contribution in [-0.2, 0) is 14.3 Å². The van der Waals surface area contributed by atoms with Crippen LogP contribution in [0.5, 0.6) is 0 Å². The van der Waals surface area contributed by atoms with Crippen molar-refractivity contribution in [2.24, 2.45) is 0 Å². The summed E-state index contributed by atoms with van der Waals surface area (Å²) in [7, 11) is 0. The highest BCUT2D eigenvalue weighted by Crippen LogP contribution is 2.20. The highest BCUT2D eigenvalue weighted by molar-refractivity contribution is 6.06. The monoisotopic (exact) mass is 447 g/mol. The van der Waals surface area contributed by atoms with Gasteiger partial charge in [0.05, 0.1) is 0 Å². The zero-order valence-corrected chi connectivity index (χ0v) is 18.2. The number of benzene rings is 2. The molecule has 1 aliphatic heterocycles. The fourth-order valence-electron chi connectivity index (χ4n) is 3.50. The number of anilines is 3. The maximum Gasteiger partial charge on any atom is 0.255 e. The van der Waals surface area contributed by atoms with E-state index in [0.29, 0.717) is 35.7 Å². The summed E-state index contributed by atoms with van der Waals surface area (Å²) in [6.45, 7) is 2.33. The lowest BCUT2D eigenvalue weighted by atomic mass is 10.1. The Bertz CT molecular complexity index is 1140. The lowest BCUT2D eigenvalue weighted by Crippen LogP contribution is -2.27. The molecule has 1 aliphatic rings. The second-order valence-electron chi connectivity index (χ2n) is 7.76. The maximum absolute atomic E-state index is 12.8. The van der Waals surface area contributed by atoms with Crippen LogP contribution in [0.25, 0.3) is 0 Å². The van der Waals surface area contributed by atoms with Crippen LogP contribution in [0, 0.1) is 0 Å². The minimum absolute atomic E-state index is 0.210. The number of nitrogens with zero attached hydrogens (tertiary/aromatic N) is 2. The number of hydrogen-bond donors (Lipinski definition) is 3. The Hall–Kier alpha value is -3.98. The van der Waals surface area contributed by atoms with Gasteiger partial charge in [0.2, 0.25) is 5.91 Å². The summed E-state index contributed by atoms with van der Waals surface area (Å²) in [5, 5.41) is 12.5. The fraction of sp³-hybridized carbons (Fsp3) is 0.250. The van der Waals surface area contributed by atoms with Gasteiger partial charge in [-0.25, -0.2) is 0 Å². The number of rotatable bonds is 7. The van der Waals surface area contributed by atoms with Crippen LogP contribution in [-0.4, -0.2) is 40.2 Å². The molecule has 3 N–H and O–H groups in total. The second kappa shape index (κ2) is 10.1. The average Bonchev–Trinajstić information content (AvgIpc) is 3.53. The third-order valence-electron chi connectivity index (χ3n) is 5.30. The van der Waals surface area contributed by atoms with Crippen LogP contribution in [0.2, 0.25) is 0 Å². The van der Waals surface area contributed by atoms with Crippen molar-refractivity contribution in [3.8, 4) is 0 Å². The summed E-state index contributed by atoms with van der Waals surface area (Å²) in [5.74, 6) is -0.772. The van der Waals surface area contributed by atoms with Crippen LogP contribution in [0.15, 0.2) is 67.0 Å². The Kier molecular flexibility index (Phi) is 6.80. The SMILES string of the molecule is CC(C(=O)Nc1cccc(NC(=O)c2cccc(NC(=O)C3CCCO3)c2)c1)n1cccn1.